The lowest BCUT2D eigenvalue weighted by molar-refractivity contribution is -0.136. The van der Waals surface area contributed by atoms with E-state index in [0.29, 0.717) is 17.7 Å². The average molecular weight is 285 g/mol. The second-order valence-corrected chi connectivity index (χ2v) is 4.93. The van der Waals surface area contributed by atoms with Crippen LogP contribution < -0.4 is 0 Å². The molecule has 2 rings (SSSR count). The number of ketones is 1. The van der Waals surface area contributed by atoms with Gasteiger partial charge in [0.15, 0.2) is 0 Å². The Morgan fingerprint density at radius 3 is 2.52 bits per heavy atom. The zero-order valence-electron chi connectivity index (χ0n) is 12.8. The summed E-state index contributed by atoms with van der Waals surface area (Å²) < 4.78 is 6.56. The molecule has 0 aliphatic rings. The minimum atomic E-state index is -0.456. The molecule has 110 valence electrons. The third kappa shape index (κ3) is 2.61. The SMILES string of the molecule is CC/C(=C\C(=O)c1c(C)c2ccccc2n1C)C(=O)OC. The topological polar surface area (TPSA) is 48.3 Å². The lowest BCUT2D eigenvalue weighted by atomic mass is 10.1. The Balaban J connectivity index is 2.54. The number of carbonyl (C=O) groups excluding carboxylic acids is 2. The molecule has 0 atom stereocenters. The number of benzene rings is 1. The van der Waals surface area contributed by atoms with Gasteiger partial charge in [-0.2, -0.15) is 0 Å². The van der Waals surface area contributed by atoms with Crippen molar-refractivity contribution >= 4 is 22.7 Å². The third-order valence-corrected chi connectivity index (χ3v) is 3.73. The summed E-state index contributed by atoms with van der Waals surface area (Å²) in [7, 11) is 3.18. The van der Waals surface area contributed by atoms with Crippen molar-refractivity contribution in [3.8, 4) is 0 Å². The quantitative estimate of drug-likeness (QED) is 0.492. The third-order valence-electron chi connectivity index (χ3n) is 3.73. The Bertz CT molecular complexity index is 699. The largest absolute Gasteiger partial charge is 0.466 e. The molecule has 0 bridgehead atoms. The van der Waals surface area contributed by atoms with E-state index in [-0.39, 0.29) is 5.78 Å². The van der Waals surface area contributed by atoms with Gasteiger partial charge < -0.3 is 9.30 Å². The first kappa shape index (κ1) is 15.0. The van der Waals surface area contributed by atoms with Gasteiger partial charge in [0.05, 0.1) is 12.8 Å². The highest BCUT2D eigenvalue weighted by molar-refractivity contribution is 6.11. The Morgan fingerprint density at radius 1 is 1.29 bits per heavy atom. The van der Waals surface area contributed by atoms with Crippen LogP contribution in [0.1, 0.15) is 29.4 Å². The number of aromatic nitrogens is 1. The van der Waals surface area contributed by atoms with Crippen molar-refractivity contribution in [3.05, 3.63) is 47.2 Å². The number of ether oxygens (including phenoxy) is 1. The van der Waals surface area contributed by atoms with Crippen LogP contribution in [0.4, 0.5) is 0 Å². The van der Waals surface area contributed by atoms with Crippen LogP contribution in [0, 0.1) is 6.92 Å². The van der Waals surface area contributed by atoms with Crippen molar-refractivity contribution in [3.63, 3.8) is 0 Å². The number of fused-ring (bicyclic) bond motifs is 1. The molecule has 0 fully saturated rings. The number of nitrogens with zero attached hydrogens (tertiary/aromatic N) is 1. The lowest BCUT2D eigenvalue weighted by Crippen LogP contribution is -2.10. The summed E-state index contributed by atoms with van der Waals surface area (Å²) >= 11 is 0. The molecule has 1 aromatic carbocycles. The Labute approximate surface area is 124 Å². The number of methoxy groups -OCH3 is 1. The molecular formula is C17H19NO3. The van der Waals surface area contributed by atoms with Gasteiger partial charge in [-0.25, -0.2) is 4.79 Å². The first-order valence-electron chi connectivity index (χ1n) is 6.88. The Kier molecular flexibility index (Phi) is 4.26. The van der Waals surface area contributed by atoms with E-state index in [9.17, 15) is 9.59 Å². The number of rotatable bonds is 4. The van der Waals surface area contributed by atoms with E-state index in [4.69, 9.17) is 4.74 Å². The fraction of sp³-hybridized carbons (Fsp3) is 0.294. The highest BCUT2D eigenvalue weighted by Gasteiger charge is 2.18. The summed E-state index contributed by atoms with van der Waals surface area (Å²) in [6.45, 7) is 3.75. The maximum absolute atomic E-state index is 12.5. The lowest BCUT2D eigenvalue weighted by Gasteiger charge is -2.04. The number of allylic oxidation sites excluding steroid dienone is 1. The number of carbonyl (C=O) groups is 2. The number of hydrogen-bond donors (Lipinski definition) is 0. The molecule has 0 N–H and O–H groups in total. The zero-order chi connectivity index (χ0) is 15.6. The first-order valence-corrected chi connectivity index (χ1v) is 6.88. The molecule has 4 nitrogen and oxygen atoms in total. The van der Waals surface area contributed by atoms with E-state index in [1.54, 1.807) is 0 Å². The minimum Gasteiger partial charge on any atom is -0.466 e. The summed E-state index contributed by atoms with van der Waals surface area (Å²) in [5.74, 6) is -0.629. The van der Waals surface area contributed by atoms with Crippen molar-refractivity contribution in [2.75, 3.05) is 7.11 Å². The van der Waals surface area contributed by atoms with Crippen molar-refractivity contribution < 1.29 is 14.3 Å². The maximum atomic E-state index is 12.5. The molecule has 0 aliphatic heterocycles. The summed E-state index contributed by atoms with van der Waals surface area (Å²) in [6.07, 6.45) is 1.84. The molecule has 1 heterocycles. The Morgan fingerprint density at radius 2 is 1.95 bits per heavy atom. The molecule has 0 unspecified atom stereocenters. The number of hydrogen-bond acceptors (Lipinski definition) is 3. The van der Waals surface area contributed by atoms with E-state index in [2.05, 4.69) is 0 Å². The molecule has 4 heteroatoms. The van der Waals surface area contributed by atoms with Crippen LogP contribution in [0.3, 0.4) is 0 Å². The van der Waals surface area contributed by atoms with Crippen molar-refractivity contribution in [1.82, 2.24) is 4.57 Å². The van der Waals surface area contributed by atoms with Gasteiger partial charge in [-0.15, -0.1) is 0 Å². The number of para-hydroxylation sites is 1. The van der Waals surface area contributed by atoms with Crippen molar-refractivity contribution in [1.29, 1.82) is 0 Å². The molecule has 2 aromatic rings. The fourth-order valence-corrected chi connectivity index (χ4v) is 2.60. The van der Waals surface area contributed by atoms with Crippen molar-refractivity contribution in [2.45, 2.75) is 20.3 Å². The normalized spacial score (nSPS) is 11.7. The van der Waals surface area contributed by atoms with Gasteiger partial charge in [-0.1, -0.05) is 25.1 Å². The minimum absolute atomic E-state index is 0.173. The van der Waals surface area contributed by atoms with Gasteiger partial charge >= 0.3 is 5.97 Å². The molecule has 1 aromatic heterocycles. The first-order chi connectivity index (χ1) is 10.0. The van der Waals surface area contributed by atoms with Gasteiger partial charge in [0.2, 0.25) is 5.78 Å². The van der Waals surface area contributed by atoms with Gasteiger partial charge in [-0.05, 0) is 31.1 Å². The van der Waals surface area contributed by atoms with Gasteiger partial charge in [-0.3, -0.25) is 4.79 Å². The monoisotopic (exact) mass is 285 g/mol. The molecule has 21 heavy (non-hydrogen) atoms. The highest BCUT2D eigenvalue weighted by Crippen LogP contribution is 2.25. The van der Waals surface area contributed by atoms with Crippen LogP contribution in [0.15, 0.2) is 35.9 Å². The number of aryl methyl sites for hydroxylation is 2. The second-order valence-electron chi connectivity index (χ2n) is 4.93. The van der Waals surface area contributed by atoms with E-state index < -0.39 is 5.97 Å². The standard InChI is InChI=1S/C17H19NO3/c1-5-12(17(20)21-4)10-15(19)16-11(2)13-8-6-7-9-14(13)18(16)3/h6-10H,5H2,1-4H3/b12-10+. The number of esters is 1. The van der Waals surface area contributed by atoms with Crippen LogP contribution in [0.5, 0.6) is 0 Å². The van der Waals surface area contributed by atoms with Gasteiger partial charge in [0, 0.05) is 23.5 Å². The molecule has 0 aliphatic carbocycles. The Hall–Kier alpha value is -2.36. The predicted octanol–water partition coefficient (Wildman–Crippen LogP) is 3.18. The van der Waals surface area contributed by atoms with Crippen LogP contribution in [0.2, 0.25) is 0 Å². The zero-order valence-corrected chi connectivity index (χ0v) is 12.8. The van der Waals surface area contributed by atoms with Crippen LogP contribution in [-0.4, -0.2) is 23.4 Å². The van der Waals surface area contributed by atoms with Gasteiger partial charge in [0.25, 0.3) is 0 Å². The molecule has 0 saturated heterocycles. The van der Waals surface area contributed by atoms with Crippen LogP contribution >= 0.6 is 0 Å². The molecule has 0 saturated carbocycles. The molecule has 0 radical (unpaired) electrons. The van der Waals surface area contributed by atoms with Crippen LogP contribution in [0.25, 0.3) is 10.9 Å². The summed E-state index contributed by atoms with van der Waals surface area (Å²) in [4.78, 5) is 24.1. The smallest absolute Gasteiger partial charge is 0.333 e. The predicted molar refractivity (Wildman–Crippen MR) is 82.4 cm³/mol. The maximum Gasteiger partial charge on any atom is 0.333 e. The molecule has 0 amide bonds. The summed E-state index contributed by atoms with van der Waals surface area (Å²) in [5.41, 5.74) is 2.91. The van der Waals surface area contributed by atoms with E-state index in [0.717, 1.165) is 16.5 Å². The van der Waals surface area contributed by atoms with E-state index in [1.807, 2.05) is 49.7 Å². The van der Waals surface area contributed by atoms with E-state index >= 15 is 0 Å². The van der Waals surface area contributed by atoms with Gasteiger partial charge in [0.1, 0.15) is 0 Å². The molecular weight excluding hydrogens is 266 g/mol. The van der Waals surface area contributed by atoms with E-state index in [1.165, 1.54) is 13.2 Å². The van der Waals surface area contributed by atoms with Crippen molar-refractivity contribution in [2.24, 2.45) is 7.05 Å². The fourth-order valence-electron chi connectivity index (χ4n) is 2.60. The highest BCUT2D eigenvalue weighted by atomic mass is 16.5. The average Bonchev–Trinajstić information content (AvgIpc) is 2.76. The summed E-state index contributed by atoms with van der Waals surface area (Å²) in [5, 5.41) is 1.05. The summed E-state index contributed by atoms with van der Waals surface area (Å²) in [6, 6.07) is 7.86. The molecule has 0 spiro atoms. The van der Waals surface area contributed by atoms with Crippen LogP contribution in [-0.2, 0) is 16.6 Å². The second kappa shape index (κ2) is 5.95.